The summed E-state index contributed by atoms with van der Waals surface area (Å²) >= 11 is 0. The molecule has 0 atom stereocenters. The van der Waals surface area contributed by atoms with E-state index in [-0.39, 0.29) is 0 Å². The van der Waals surface area contributed by atoms with Gasteiger partial charge in [-0.2, -0.15) is 4.98 Å². The first kappa shape index (κ1) is 13.1. The second-order valence-electron chi connectivity index (χ2n) is 4.76. The molecule has 100 valence electrons. The van der Waals surface area contributed by atoms with Crippen molar-refractivity contribution in [3.63, 3.8) is 0 Å². The molecule has 1 aromatic heterocycles. The minimum absolute atomic E-state index is 0.590. The highest BCUT2D eigenvalue weighted by Crippen LogP contribution is 2.20. The summed E-state index contributed by atoms with van der Waals surface area (Å²) < 4.78 is 0. The Balaban J connectivity index is 2.00. The lowest BCUT2D eigenvalue weighted by Crippen LogP contribution is -2.43. The van der Waals surface area contributed by atoms with E-state index in [2.05, 4.69) is 39.1 Å². The number of likely N-dealkylation sites (tertiary alicyclic amines) is 1. The summed E-state index contributed by atoms with van der Waals surface area (Å²) in [6.07, 6.45) is 4.23. The number of piperidine rings is 1. The van der Waals surface area contributed by atoms with Gasteiger partial charge >= 0.3 is 0 Å². The molecular formula is C13H23N5. The molecule has 18 heavy (non-hydrogen) atoms. The fraction of sp³-hybridized carbons (Fsp3) is 0.692. The van der Waals surface area contributed by atoms with Crippen molar-refractivity contribution in [3.05, 3.63) is 12.3 Å². The van der Waals surface area contributed by atoms with Gasteiger partial charge in [-0.25, -0.2) is 4.98 Å². The SMILES string of the molecule is CCN1CCC(N(C)c2ccnc(NC)n2)CC1. The molecule has 5 nitrogen and oxygen atoms in total. The maximum Gasteiger partial charge on any atom is 0.224 e. The summed E-state index contributed by atoms with van der Waals surface area (Å²) in [4.78, 5) is 13.4. The van der Waals surface area contributed by atoms with E-state index in [4.69, 9.17) is 0 Å². The molecule has 0 unspecified atom stereocenters. The summed E-state index contributed by atoms with van der Waals surface area (Å²) in [5.41, 5.74) is 0. The van der Waals surface area contributed by atoms with E-state index in [1.165, 1.54) is 25.9 Å². The van der Waals surface area contributed by atoms with Crippen LogP contribution in [0.1, 0.15) is 19.8 Å². The van der Waals surface area contributed by atoms with Crippen LogP contribution >= 0.6 is 0 Å². The Morgan fingerprint density at radius 3 is 2.78 bits per heavy atom. The topological polar surface area (TPSA) is 44.3 Å². The van der Waals surface area contributed by atoms with Crippen molar-refractivity contribution in [1.82, 2.24) is 14.9 Å². The lowest BCUT2D eigenvalue weighted by atomic mass is 10.0. The van der Waals surface area contributed by atoms with Gasteiger partial charge in [-0.15, -0.1) is 0 Å². The minimum atomic E-state index is 0.590. The van der Waals surface area contributed by atoms with Crippen molar-refractivity contribution in [2.75, 3.05) is 43.9 Å². The van der Waals surface area contributed by atoms with Crippen LogP contribution in [0.15, 0.2) is 12.3 Å². The van der Waals surface area contributed by atoms with E-state index >= 15 is 0 Å². The van der Waals surface area contributed by atoms with Crippen molar-refractivity contribution in [2.24, 2.45) is 0 Å². The molecule has 0 aromatic carbocycles. The zero-order valence-corrected chi connectivity index (χ0v) is 11.6. The molecule has 5 heteroatoms. The normalized spacial score (nSPS) is 17.7. The average Bonchev–Trinajstić information content (AvgIpc) is 2.46. The molecule has 2 rings (SSSR count). The number of nitrogens with zero attached hydrogens (tertiary/aromatic N) is 4. The molecule has 0 bridgehead atoms. The minimum Gasteiger partial charge on any atom is -0.357 e. The van der Waals surface area contributed by atoms with Crippen LogP contribution in [0.5, 0.6) is 0 Å². The van der Waals surface area contributed by atoms with Crippen molar-refractivity contribution in [2.45, 2.75) is 25.8 Å². The molecule has 1 fully saturated rings. The first-order valence-electron chi connectivity index (χ1n) is 6.70. The molecule has 1 aliphatic rings. The first-order valence-corrected chi connectivity index (χ1v) is 6.70. The highest BCUT2D eigenvalue weighted by atomic mass is 15.2. The van der Waals surface area contributed by atoms with Crippen molar-refractivity contribution < 1.29 is 0 Å². The fourth-order valence-electron chi connectivity index (χ4n) is 2.48. The van der Waals surface area contributed by atoms with Crippen LogP contribution in [0.3, 0.4) is 0 Å². The van der Waals surface area contributed by atoms with Crippen LogP contribution in [0.25, 0.3) is 0 Å². The van der Waals surface area contributed by atoms with Gasteiger partial charge in [-0.1, -0.05) is 6.92 Å². The number of aromatic nitrogens is 2. The molecule has 1 saturated heterocycles. The number of rotatable bonds is 4. The van der Waals surface area contributed by atoms with Crippen molar-refractivity contribution in [1.29, 1.82) is 0 Å². The lowest BCUT2D eigenvalue weighted by Gasteiger charge is -2.36. The summed E-state index contributed by atoms with van der Waals surface area (Å²) in [6, 6.07) is 2.57. The van der Waals surface area contributed by atoms with Crippen LogP contribution in [-0.4, -0.2) is 54.6 Å². The molecule has 0 radical (unpaired) electrons. The van der Waals surface area contributed by atoms with E-state index in [1.807, 2.05) is 19.3 Å². The lowest BCUT2D eigenvalue weighted by molar-refractivity contribution is 0.220. The Morgan fingerprint density at radius 2 is 2.17 bits per heavy atom. The average molecular weight is 249 g/mol. The van der Waals surface area contributed by atoms with E-state index in [9.17, 15) is 0 Å². The van der Waals surface area contributed by atoms with Crippen LogP contribution in [-0.2, 0) is 0 Å². The predicted octanol–water partition coefficient (Wildman–Crippen LogP) is 1.44. The maximum absolute atomic E-state index is 4.50. The van der Waals surface area contributed by atoms with Crippen LogP contribution in [0.4, 0.5) is 11.8 Å². The Morgan fingerprint density at radius 1 is 1.44 bits per heavy atom. The number of anilines is 2. The van der Waals surface area contributed by atoms with E-state index in [0.717, 1.165) is 12.4 Å². The summed E-state index contributed by atoms with van der Waals surface area (Å²) in [5, 5.41) is 2.98. The van der Waals surface area contributed by atoms with Gasteiger partial charge in [0.2, 0.25) is 5.95 Å². The number of hydrogen-bond acceptors (Lipinski definition) is 5. The Kier molecular flexibility index (Phi) is 4.36. The number of hydrogen-bond donors (Lipinski definition) is 1. The molecule has 0 saturated carbocycles. The highest BCUT2D eigenvalue weighted by Gasteiger charge is 2.22. The molecule has 0 aliphatic carbocycles. The molecule has 2 heterocycles. The third-order valence-electron chi connectivity index (χ3n) is 3.78. The maximum atomic E-state index is 4.50. The van der Waals surface area contributed by atoms with Gasteiger partial charge in [0.15, 0.2) is 0 Å². The monoisotopic (exact) mass is 249 g/mol. The summed E-state index contributed by atoms with van der Waals surface area (Å²) in [6.45, 7) is 5.77. The largest absolute Gasteiger partial charge is 0.357 e. The van der Waals surface area contributed by atoms with Gasteiger partial charge in [-0.3, -0.25) is 0 Å². The first-order chi connectivity index (χ1) is 8.74. The summed E-state index contributed by atoms with van der Waals surface area (Å²) in [5.74, 6) is 1.69. The molecule has 1 aromatic rings. The zero-order chi connectivity index (χ0) is 13.0. The predicted molar refractivity (Wildman–Crippen MR) is 75.1 cm³/mol. The highest BCUT2D eigenvalue weighted by molar-refractivity contribution is 5.42. The van der Waals surface area contributed by atoms with Gasteiger partial charge in [0.05, 0.1) is 0 Å². The van der Waals surface area contributed by atoms with Crippen LogP contribution in [0.2, 0.25) is 0 Å². The zero-order valence-electron chi connectivity index (χ0n) is 11.6. The third-order valence-corrected chi connectivity index (χ3v) is 3.78. The molecule has 1 N–H and O–H groups in total. The Hall–Kier alpha value is -1.36. The molecule has 0 spiro atoms. The molecule has 0 amide bonds. The van der Waals surface area contributed by atoms with Crippen molar-refractivity contribution >= 4 is 11.8 Å². The van der Waals surface area contributed by atoms with Crippen molar-refractivity contribution in [3.8, 4) is 0 Å². The van der Waals surface area contributed by atoms with Crippen LogP contribution < -0.4 is 10.2 Å². The second kappa shape index (κ2) is 6.00. The third kappa shape index (κ3) is 2.90. The second-order valence-corrected chi connectivity index (χ2v) is 4.76. The standard InChI is InChI=1S/C13H23N5/c1-4-18-9-6-11(7-10-18)17(3)12-5-8-15-13(14-2)16-12/h5,8,11H,4,6-7,9-10H2,1-3H3,(H,14,15,16). The van der Waals surface area contributed by atoms with Crippen LogP contribution in [0, 0.1) is 0 Å². The van der Waals surface area contributed by atoms with Gasteiger partial charge in [0.1, 0.15) is 5.82 Å². The van der Waals surface area contributed by atoms with E-state index in [1.54, 1.807) is 0 Å². The summed E-state index contributed by atoms with van der Waals surface area (Å²) in [7, 11) is 3.98. The fourth-order valence-corrected chi connectivity index (χ4v) is 2.48. The van der Waals surface area contributed by atoms with E-state index < -0.39 is 0 Å². The van der Waals surface area contributed by atoms with Gasteiger partial charge in [0, 0.05) is 39.4 Å². The number of nitrogens with one attached hydrogen (secondary N) is 1. The molecular weight excluding hydrogens is 226 g/mol. The van der Waals surface area contributed by atoms with Gasteiger partial charge in [0.25, 0.3) is 0 Å². The van der Waals surface area contributed by atoms with Gasteiger partial charge in [-0.05, 0) is 25.5 Å². The van der Waals surface area contributed by atoms with Gasteiger partial charge < -0.3 is 15.1 Å². The molecule has 1 aliphatic heterocycles. The quantitative estimate of drug-likeness (QED) is 0.874. The van der Waals surface area contributed by atoms with E-state index in [0.29, 0.717) is 12.0 Å². The Bertz CT molecular complexity index is 373. The Labute approximate surface area is 109 Å². The smallest absolute Gasteiger partial charge is 0.224 e.